The normalized spacial score (nSPS) is 23.2. The summed E-state index contributed by atoms with van der Waals surface area (Å²) in [4.78, 5) is 3.26. The van der Waals surface area contributed by atoms with E-state index < -0.39 is 0 Å². The van der Waals surface area contributed by atoms with Gasteiger partial charge in [-0.1, -0.05) is 12.1 Å². The first-order chi connectivity index (χ1) is 7.43. The van der Waals surface area contributed by atoms with Crippen LogP contribution in [0.5, 0.6) is 11.5 Å². The van der Waals surface area contributed by atoms with Crippen LogP contribution in [-0.2, 0) is 0 Å². The lowest BCUT2D eigenvalue weighted by Crippen LogP contribution is -2.74. The molecule has 2 aliphatic rings. The first kappa shape index (κ1) is 8.59. The molecule has 0 bridgehead atoms. The molecule has 78 valence electrons. The van der Waals surface area contributed by atoms with Crippen LogP contribution >= 0.6 is 0 Å². The highest BCUT2D eigenvalue weighted by Crippen LogP contribution is 2.30. The second-order valence-electron chi connectivity index (χ2n) is 3.63. The Hall–Kier alpha value is -1.71. The fraction of sp³-hybridized carbons (Fsp3) is 0.364. The van der Waals surface area contributed by atoms with Gasteiger partial charge in [-0.2, -0.15) is 0 Å². The maximum atomic E-state index is 5.83. The molecular weight excluding hydrogens is 192 g/mol. The lowest BCUT2D eigenvalue weighted by atomic mass is 10.2. The molecule has 4 heteroatoms. The summed E-state index contributed by atoms with van der Waals surface area (Å²) in [7, 11) is 0. The summed E-state index contributed by atoms with van der Waals surface area (Å²) in [6.07, 6.45) is -0.0256. The molecule has 0 unspecified atom stereocenters. The van der Waals surface area contributed by atoms with E-state index >= 15 is 0 Å². The Morgan fingerprint density at radius 2 is 2.13 bits per heavy atom. The number of para-hydroxylation sites is 2. The number of hydrogen-bond acceptors (Lipinski definition) is 3. The Morgan fingerprint density at radius 1 is 1.27 bits per heavy atom. The molecule has 4 nitrogen and oxygen atoms in total. The molecule has 0 radical (unpaired) electrons. The highest BCUT2D eigenvalue weighted by Gasteiger charge is 2.31. The van der Waals surface area contributed by atoms with Gasteiger partial charge in [0.25, 0.3) is 5.84 Å². The van der Waals surface area contributed by atoms with Crippen molar-refractivity contribution in [3.8, 4) is 11.5 Å². The highest BCUT2D eigenvalue weighted by molar-refractivity contribution is 5.82. The molecule has 0 spiro atoms. The Bertz CT molecular complexity index is 403. The molecule has 0 saturated heterocycles. The summed E-state index contributed by atoms with van der Waals surface area (Å²) in [5, 5.41) is 3.26. The molecule has 1 atom stereocenters. The second kappa shape index (κ2) is 3.46. The first-order valence-electron chi connectivity index (χ1n) is 5.16. The molecule has 2 N–H and O–H groups in total. The van der Waals surface area contributed by atoms with Gasteiger partial charge in [-0.05, 0) is 12.1 Å². The first-order valence-corrected chi connectivity index (χ1v) is 5.16. The van der Waals surface area contributed by atoms with Crippen LogP contribution < -0.4 is 19.8 Å². The lowest BCUT2D eigenvalue weighted by Gasteiger charge is -2.24. The van der Waals surface area contributed by atoms with Crippen LogP contribution in [0.1, 0.15) is 0 Å². The van der Waals surface area contributed by atoms with Crippen LogP contribution in [0.15, 0.2) is 24.3 Å². The number of benzene rings is 1. The van der Waals surface area contributed by atoms with Gasteiger partial charge in [-0.3, -0.25) is 10.3 Å². The predicted molar refractivity (Wildman–Crippen MR) is 55.2 cm³/mol. The van der Waals surface area contributed by atoms with E-state index in [9.17, 15) is 0 Å². The van der Waals surface area contributed by atoms with Gasteiger partial charge in [0.15, 0.2) is 11.5 Å². The maximum absolute atomic E-state index is 5.83. The van der Waals surface area contributed by atoms with E-state index in [-0.39, 0.29) is 6.10 Å². The van der Waals surface area contributed by atoms with Crippen molar-refractivity contribution in [1.29, 1.82) is 0 Å². The summed E-state index contributed by atoms with van der Waals surface area (Å²) in [5.41, 5.74) is 0. The average molecular weight is 205 g/mol. The number of nitrogens with one attached hydrogen (secondary N) is 2. The van der Waals surface area contributed by atoms with Crippen LogP contribution in [0.3, 0.4) is 0 Å². The van der Waals surface area contributed by atoms with Gasteiger partial charge in [-0.25, -0.2) is 0 Å². The minimum absolute atomic E-state index is 0.0256. The zero-order valence-corrected chi connectivity index (χ0v) is 8.32. The van der Waals surface area contributed by atoms with Crippen LogP contribution in [0, 0.1) is 0 Å². The predicted octanol–water partition coefficient (Wildman–Crippen LogP) is -1.09. The number of fused-ring (bicyclic) bond motifs is 1. The maximum Gasteiger partial charge on any atom is 0.288 e. The van der Waals surface area contributed by atoms with Crippen molar-refractivity contribution in [3.05, 3.63) is 24.3 Å². The smallest absolute Gasteiger partial charge is 0.288 e. The molecule has 0 fully saturated rings. The molecule has 1 aromatic carbocycles. The van der Waals surface area contributed by atoms with Gasteiger partial charge >= 0.3 is 0 Å². The fourth-order valence-corrected chi connectivity index (χ4v) is 1.85. The zero-order chi connectivity index (χ0) is 10.1. The Morgan fingerprint density at radius 3 is 2.93 bits per heavy atom. The van der Waals surface area contributed by atoms with E-state index in [1.165, 1.54) is 0 Å². The Labute approximate surface area is 87.9 Å². The SMILES string of the molecule is c1ccc2c(c1)OC[C@@H](C1=[NH+]CCN1)O2. The summed E-state index contributed by atoms with van der Waals surface area (Å²) < 4.78 is 11.5. The van der Waals surface area contributed by atoms with Crippen molar-refractivity contribution in [1.82, 2.24) is 5.32 Å². The van der Waals surface area contributed by atoms with Crippen molar-refractivity contribution < 1.29 is 14.5 Å². The van der Waals surface area contributed by atoms with E-state index in [1.54, 1.807) is 0 Å². The third-order valence-corrected chi connectivity index (χ3v) is 2.59. The van der Waals surface area contributed by atoms with Crippen molar-refractivity contribution in [2.75, 3.05) is 19.7 Å². The number of amidine groups is 1. The van der Waals surface area contributed by atoms with Crippen molar-refractivity contribution >= 4 is 5.84 Å². The molecule has 0 amide bonds. The largest absolute Gasteiger partial charge is 0.485 e. The molecule has 15 heavy (non-hydrogen) atoms. The topological polar surface area (TPSA) is 44.5 Å². The molecule has 2 aliphatic heterocycles. The molecule has 1 aromatic rings. The van der Waals surface area contributed by atoms with Gasteiger partial charge in [0.1, 0.15) is 19.7 Å². The summed E-state index contributed by atoms with van der Waals surface area (Å²) >= 11 is 0. The van der Waals surface area contributed by atoms with E-state index in [4.69, 9.17) is 9.47 Å². The van der Waals surface area contributed by atoms with Crippen LogP contribution in [0.25, 0.3) is 0 Å². The van der Waals surface area contributed by atoms with E-state index in [2.05, 4.69) is 10.3 Å². The lowest BCUT2D eigenvalue weighted by molar-refractivity contribution is -0.447. The summed E-state index contributed by atoms with van der Waals surface area (Å²) in [5.74, 6) is 2.67. The molecule has 0 aliphatic carbocycles. The number of ether oxygens (including phenoxy) is 2. The molecule has 3 rings (SSSR count). The number of rotatable bonds is 1. The summed E-state index contributed by atoms with van der Waals surface area (Å²) in [6, 6.07) is 7.75. The molecular formula is C11H13N2O2+. The van der Waals surface area contributed by atoms with Crippen molar-refractivity contribution in [2.45, 2.75) is 6.10 Å². The Balaban J connectivity index is 1.82. The van der Waals surface area contributed by atoms with Gasteiger partial charge in [0, 0.05) is 0 Å². The molecule has 0 aromatic heterocycles. The Kier molecular flexibility index (Phi) is 1.98. The van der Waals surface area contributed by atoms with Crippen molar-refractivity contribution in [2.24, 2.45) is 0 Å². The van der Waals surface area contributed by atoms with Gasteiger partial charge in [0.05, 0.1) is 0 Å². The fourth-order valence-electron chi connectivity index (χ4n) is 1.85. The highest BCUT2D eigenvalue weighted by atomic mass is 16.6. The molecule has 0 saturated carbocycles. The van der Waals surface area contributed by atoms with Crippen LogP contribution in [0.4, 0.5) is 0 Å². The van der Waals surface area contributed by atoms with Gasteiger partial charge in [0.2, 0.25) is 6.10 Å². The van der Waals surface area contributed by atoms with Crippen molar-refractivity contribution in [3.63, 3.8) is 0 Å². The van der Waals surface area contributed by atoms with E-state index in [1.807, 2.05) is 24.3 Å². The third kappa shape index (κ3) is 1.52. The third-order valence-electron chi connectivity index (χ3n) is 2.59. The summed E-state index contributed by atoms with van der Waals surface area (Å²) in [6.45, 7) is 2.47. The minimum Gasteiger partial charge on any atom is -0.485 e. The quantitative estimate of drug-likeness (QED) is 0.612. The van der Waals surface area contributed by atoms with Crippen LogP contribution in [0.2, 0.25) is 0 Å². The van der Waals surface area contributed by atoms with Gasteiger partial charge < -0.3 is 9.47 Å². The van der Waals surface area contributed by atoms with E-state index in [0.717, 1.165) is 30.4 Å². The van der Waals surface area contributed by atoms with Gasteiger partial charge in [-0.15, -0.1) is 0 Å². The molecule has 2 heterocycles. The second-order valence-corrected chi connectivity index (χ2v) is 3.63. The number of hydrogen-bond donors (Lipinski definition) is 2. The monoisotopic (exact) mass is 205 g/mol. The zero-order valence-electron chi connectivity index (χ0n) is 8.32. The van der Waals surface area contributed by atoms with E-state index in [0.29, 0.717) is 6.61 Å². The standard InChI is InChI=1S/C11H12N2O2/c1-2-4-9-8(3-1)14-7-10(15-9)11-12-5-6-13-11/h1-4,10H,5-7H2,(H,12,13)/p+1/t10-/m0/s1. The minimum atomic E-state index is -0.0256. The average Bonchev–Trinajstić information content (AvgIpc) is 2.82. The van der Waals surface area contributed by atoms with Crippen LogP contribution in [-0.4, -0.2) is 31.6 Å².